The minimum absolute atomic E-state index is 0.326. The molecule has 0 amide bonds. The molecule has 0 bridgehead atoms. The summed E-state index contributed by atoms with van der Waals surface area (Å²) in [5.41, 5.74) is 0.958. The number of benzene rings is 1. The third-order valence-electron chi connectivity index (χ3n) is 3.80. The predicted octanol–water partition coefficient (Wildman–Crippen LogP) is 1.89. The van der Waals surface area contributed by atoms with E-state index in [0.717, 1.165) is 31.7 Å². The first-order valence-corrected chi connectivity index (χ1v) is 7.02. The maximum Gasteiger partial charge on any atom is 0.247 e. The predicted molar refractivity (Wildman–Crippen MR) is 75.8 cm³/mol. The van der Waals surface area contributed by atoms with Crippen molar-refractivity contribution in [3.8, 4) is 5.69 Å². The van der Waals surface area contributed by atoms with E-state index in [1.54, 1.807) is 4.68 Å². The van der Waals surface area contributed by atoms with Gasteiger partial charge in [0.05, 0.1) is 5.69 Å². The van der Waals surface area contributed by atoms with Gasteiger partial charge in [-0.1, -0.05) is 23.3 Å². The number of aromatic nitrogens is 4. The van der Waals surface area contributed by atoms with Crippen LogP contribution in [-0.2, 0) is 4.74 Å². The Bertz CT molecular complexity index is 536. The highest BCUT2D eigenvalue weighted by molar-refractivity contribution is 5.38. The van der Waals surface area contributed by atoms with Gasteiger partial charge in [-0.2, -0.15) is 4.68 Å². The highest BCUT2D eigenvalue weighted by Gasteiger charge is 2.22. The van der Waals surface area contributed by atoms with Crippen molar-refractivity contribution < 1.29 is 4.74 Å². The fourth-order valence-corrected chi connectivity index (χ4v) is 2.56. The Balaban J connectivity index is 1.73. The molecule has 0 spiro atoms. The molecule has 0 radical (unpaired) electrons. The van der Waals surface area contributed by atoms with E-state index in [1.165, 1.54) is 0 Å². The van der Waals surface area contributed by atoms with Crippen molar-refractivity contribution in [2.75, 3.05) is 18.5 Å². The van der Waals surface area contributed by atoms with Gasteiger partial charge in [-0.3, -0.25) is 0 Å². The van der Waals surface area contributed by atoms with Gasteiger partial charge in [0.15, 0.2) is 0 Å². The van der Waals surface area contributed by atoms with E-state index in [9.17, 15) is 0 Å². The zero-order chi connectivity index (χ0) is 13.8. The molecule has 106 valence electrons. The molecule has 2 aromatic rings. The fourth-order valence-electron chi connectivity index (χ4n) is 2.56. The number of nitrogens with one attached hydrogen (secondary N) is 1. The second-order valence-corrected chi connectivity index (χ2v) is 5.13. The second kappa shape index (κ2) is 6.00. The van der Waals surface area contributed by atoms with Crippen molar-refractivity contribution in [2.45, 2.75) is 25.8 Å². The van der Waals surface area contributed by atoms with Gasteiger partial charge in [0.1, 0.15) is 0 Å². The first-order chi connectivity index (χ1) is 9.84. The van der Waals surface area contributed by atoms with Crippen LogP contribution in [0.3, 0.4) is 0 Å². The molecule has 1 aliphatic rings. The number of nitrogens with zero attached hydrogens (tertiary/aromatic N) is 4. The fraction of sp³-hybridized carbons (Fsp3) is 0.500. The molecule has 1 N–H and O–H groups in total. The average molecular weight is 273 g/mol. The summed E-state index contributed by atoms with van der Waals surface area (Å²) >= 11 is 0. The molecule has 0 aliphatic carbocycles. The van der Waals surface area contributed by atoms with Gasteiger partial charge in [0.25, 0.3) is 0 Å². The van der Waals surface area contributed by atoms with E-state index in [-0.39, 0.29) is 0 Å². The zero-order valence-corrected chi connectivity index (χ0v) is 11.6. The van der Waals surface area contributed by atoms with Crippen molar-refractivity contribution in [3.05, 3.63) is 30.3 Å². The first-order valence-electron chi connectivity index (χ1n) is 7.02. The monoisotopic (exact) mass is 273 g/mol. The van der Waals surface area contributed by atoms with Crippen LogP contribution in [0.5, 0.6) is 0 Å². The number of hydrogen-bond acceptors (Lipinski definition) is 5. The van der Waals surface area contributed by atoms with Crippen LogP contribution in [0.1, 0.15) is 19.8 Å². The van der Waals surface area contributed by atoms with E-state index in [1.807, 2.05) is 30.3 Å². The van der Waals surface area contributed by atoms with Gasteiger partial charge >= 0.3 is 0 Å². The van der Waals surface area contributed by atoms with Crippen molar-refractivity contribution in [1.29, 1.82) is 0 Å². The highest BCUT2D eigenvalue weighted by atomic mass is 16.5. The number of tetrazole rings is 1. The largest absolute Gasteiger partial charge is 0.381 e. The van der Waals surface area contributed by atoms with Gasteiger partial charge in [-0.05, 0) is 48.2 Å². The molecule has 1 aromatic carbocycles. The molecular formula is C14H19N5O. The molecule has 2 heterocycles. The van der Waals surface area contributed by atoms with E-state index in [4.69, 9.17) is 4.74 Å². The Hall–Kier alpha value is -1.95. The lowest BCUT2D eigenvalue weighted by Gasteiger charge is -2.28. The molecule has 20 heavy (non-hydrogen) atoms. The van der Waals surface area contributed by atoms with Gasteiger partial charge in [0.2, 0.25) is 5.95 Å². The Morgan fingerprint density at radius 1 is 1.25 bits per heavy atom. The summed E-state index contributed by atoms with van der Waals surface area (Å²) in [6.07, 6.45) is 2.17. The summed E-state index contributed by atoms with van der Waals surface area (Å²) in [5, 5.41) is 15.3. The van der Waals surface area contributed by atoms with Gasteiger partial charge < -0.3 is 10.1 Å². The number of hydrogen-bond donors (Lipinski definition) is 1. The van der Waals surface area contributed by atoms with Crippen LogP contribution in [0.4, 0.5) is 5.95 Å². The molecule has 1 saturated heterocycles. The van der Waals surface area contributed by atoms with Gasteiger partial charge in [-0.15, -0.1) is 0 Å². The van der Waals surface area contributed by atoms with Crippen LogP contribution in [0.15, 0.2) is 30.3 Å². The number of rotatable bonds is 4. The summed E-state index contributed by atoms with van der Waals surface area (Å²) in [5.74, 6) is 1.29. The molecule has 1 aliphatic heterocycles. The molecule has 1 unspecified atom stereocenters. The lowest BCUT2D eigenvalue weighted by Crippen LogP contribution is -2.32. The smallest absolute Gasteiger partial charge is 0.247 e. The summed E-state index contributed by atoms with van der Waals surface area (Å²) in [6, 6.07) is 10.2. The lowest BCUT2D eigenvalue weighted by molar-refractivity contribution is 0.0621. The van der Waals surface area contributed by atoms with Crippen LogP contribution in [0.2, 0.25) is 0 Å². The van der Waals surface area contributed by atoms with Crippen LogP contribution >= 0.6 is 0 Å². The second-order valence-electron chi connectivity index (χ2n) is 5.13. The molecule has 1 atom stereocenters. The third-order valence-corrected chi connectivity index (χ3v) is 3.80. The Morgan fingerprint density at radius 2 is 2.00 bits per heavy atom. The van der Waals surface area contributed by atoms with Gasteiger partial charge in [-0.25, -0.2) is 0 Å². The maximum absolute atomic E-state index is 5.40. The quantitative estimate of drug-likeness (QED) is 0.921. The summed E-state index contributed by atoms with van der Waals surface area (Å²) in [7, 11) is 0. The zero-order valence-electron chi connectivity index (χ0n) is 11.6. The average Bonchev–Trinajstić information content (AvgIpc) is 2.97. The van der Waals surface area contributed by atoms with Crippen LogP contribution in [0.25, 0.3) is 5.69 Å². The summed E-state index contributed by atoms with van der Waals surface area (Å²) in [6.45, 7) is 3.88. The van der Waals surface area contributed by atoms with Crippen molar-refractivity contribution in [3.63, 3.8) is 0 Å². The normalized spacial score (nSPS) is 17.9. The number of anilines is 1. The minimum atomic E-state index is 0.326. The third kappa shape index (κ3) is 2.80. The van der Waals surface area contributed by atoms with Crippen molar-refractivity contribution in [1.82, 2.24) is 20.2 Å². The molecule has 6 heteroatoms. The summed E-state index contributed by atoms with van der Waals surface area (Å²) < 4.78 is 7.14. The van der Waals surface area contributed by atoms with E-state index >= 15 is 0 Å². The van der Waals surface area contributed by atoms with Crippen molar-refractivity contribution in [2.24, 2.45) is 5.92 Å². The number of para-hydroxylation sites is 1. The van der Waals surface area contributed by atoms with Crippen LogP contribution in [-0.4, -0.2) is 39.5 Å². The Kier molecular flexibility index (Phi) is 3.92. The Morgan fingerprint density at radius 3 is 2.75 bits per heavy atom. The van der Waals surface area contributed by atoms with Crippen molar-refractivity contribution >= 4 is 5.95 Å². The van der Waals surface area contributed by atoms with Gasteiger partial charge in [0, 0.05) is 19.3 Å². The summed E-state index contributed by atoms with van der Waals surface area (Å²) in [4.78, 5) is 0. The number of ether oxygens (including phenoxy) is 1. The minimum Gasteiger partial charge on any atom is -0.381 e. The molecule has 3 rings (SSSR count). The van der Waals surface area contributed by atoms with E-state index in [2.05, 4.69) is 27.8 Å². The van der Waals surface area contributed by atoms with Crippen LogP contribution < -0.4 is 5.32 Å². The SMILES string of the molecule is CC(Nc1nnnn1-c1ccccc1)C1CCOCC1. The molecule has 0 saturated carbocycles. The molecule has 6 nitrogen and oxygen atoms in total. The standard InChI is InChI=1S/C14H19N5O/c1-11(12-7-9-20-10-8-12)15-14-16-17-18-19(14)13-5-3-2-4-6-13/h2-6,11-12H,7-10H2,1H3,(H,15,16,18). The topological polar surface area (TPSA) is 64.9 Å². The molecular weight excluding hydrogens is 254 g/mol. The highest BCUT2D eigenvalue weighted by Crippen LogP contribution is 2.21. The Labute approximate surface area is 118 Å². The lowest BCUT2D eigenvalue weighted by atomic mass is 9.93. The van der Waals surface area contributed by atoms with E-state index < -0.39 is 0 Å². The molecule has 1 aromatic heterocycles. The first kappa shape index (κ1) is 13.1. The van der Waals surface area contributed by atoms with Crippen LogP contribution in [0, 0.1) is 5.92 Å². The molecule has 1 fully saturated rings. The van der Waals surface area contributed by atoms with E-state index in [0.29, 0.717) is 17.9 Å². The maximum atomic E-state index is 5.40.